The van der Waals surface area contributed by atoms with Gasteiger partial charge in [0.1, 0.15) is 6.54 Å². The summed E-state index contributed by atoms with van der Waals surface area (Å²) in [5, 5.41) is 3.42. The Balaban J connectivity index is 1.29. The van der Waals surface area contributed by atoms with E-state index in [0.29, 0.717) is 5.92 Å². The first kappa shape index (κ1) is 21.5. The lowest BCUT2D eigenvalue weighted by molar-refractivity contribution is -0.949. The van der Waals surface area contributed by atoms with Crippen LogP contribution in [-0.2, 0) is 9.53 Å². The normalized spacial score (nSPS) is 28.8. The second-order valence-corrected chi connectivity index (χ2v) is 10.3. The molecule has 2 aromatic rings. The van der Waals surface area contributed by atoms with Gasteiger partial charge in [-0.3, -0.25) is 0 Å². The number of para-hydroxylation sites is 1. The van der Waals surface area contributed by atoms with E-state index in [1.54, 1.807) is 0 Å². The zero-order valence-electron chi connectivity index (χ0n) is 19.1. The Morgan fingerprint density at radius 3 is 2.25 bits per heavy atom. The molecule has 2 aromatic carbocycles. The molecule has 3 aliphatic heterocycles. The molecule has 32 heavy (non-hydrogen) atoms. The van der Waals surface area contributed by atoms with Crippen LogP contribution in [0, 0.1) is 11.8 Å². The molecule has 4 nitrogen and oxygen atoms in total. The van der Waals surface area contributed by atoms with E-state index in [1.807, 2.05) is 60.7 Å². The van der Waals surface area contributed by atoms with Gasteiger partial charge >= 0.3 is 5.97 Å². The van der Waals surface area contributed by atoms with E-state index in [2.05, 4.69) is 5.32 Å². The fourth-order valence-electron chi connectivity index (χ4n) is 6.37. The van der Waals surface area contributed by atoms with Gasteiger partial charge in [-0.1, -0.05) is 67.8 Å². The number of esters is 1. The maximum atomic E-state index is 13.5. The summed E-state index contributed by atoms with van der Waals surface area (Å²) in [6, 6.07) is 19.5. The molecule has 0 amide bonds. The van der Waals surface area contributed by atoms with Crippen LogP contribution in [-0.4, -0.2) is 42.7 Å². The van der Waals surface area contributed by atoms with Crippen LogP contribution in [0.3, 0.4) is 0 Å². The average molecular weight is 434 g/mol. The number of fused-ring (bicyclic) bond motifs is 3. The molecule has 0 radical (unpaired) electrons. The highest BCUT2D eigenvalue weighted by Gasteiger charge is 2.48. The Morgan fingerprint density at radius 1 is 0.906 bits per heavy atom. The van der Waals surface area contributed by atoms with Crippen LogP contribution < -0.4 is 5.32 Å². The molecule has 4 fully saturated rings. The van der Waals surface area contributed by atoms with E-state index >= 15 is 0 Å². The van der Waals surface area contributed by atoms with E-state index in [0.717, 1.165) is 23.7 Å². The Hall–Kier alpha value is -2.33. The molecule has 4 aliphatic rings. The van der Waals surface area contributed by atoms with Crippen LogP contribution in [0.2, 0.25) is 0 Å². The molecule has 4 heteroatoms. The summed E-state index contributed by atoms with van der Waals surface area (Å²) in [5.74, 6) is 1.25. The third-order valence-electron chi connectivity index (χ3n) is 8.13. The van der Waals surface area contributed by atoms with Crippen molar-refractivity contribution in [1.82, 2.24) is 0 Å². The van der Waals surface area contributed by atoms with Gasteiger partial charge in [-0.05, 0) is 30.5 Å². The van der Waals surface area contributed by atoms with Gasteiger partial charge < -0.3 is 14.5 Å². The largest absolute Gasteiger partial charge is 0.454 e. The third kappa shape index (κ3) is 4.85. The molecular formula is C28H37N2O2+. The number of quaternary nitrogens is 1. The predicted molar refractivity (Wildman–Crippen MR) is 128 cm³/mol. The van der Waals surface area contributed by atoms with E-state index in [4.69, 9.17) is 4.74 Å². The topological polar surface area (TPSA) is 38.3 Å². The number of rotatable bonds is 7. The van der Waals surface area contributed by atoms with Crippen molar-refractivity contribution < 1.29 is 14.0 Å². The number of hydrogen-bond donors (Lipinski definition) is 1. The van der Waals surface area contributed by atoms with Gasteiger partial charge in [0.15, 0.2) is 12.1 Å². The minimum absolute atomic E-state index is 0.0531. The van der Waals surface area contributed by atoms with Crippen molar-refractivity contribution in [3.63, 3.8) is 0 Å². The molecule has 0 aromatic heterocycles. The lowest BCUT2D eigenvalue weighted by atomic mass is 9.80. The van der Waals surface area contributed by atoms with Gasteiger partial charge in [-0.15, -0.1) is 0 Å². The number of piperidine rings is 3. The van der Waals surface area contributed by atoms with Gasteiger partial charge in [0.25, 0.3) is 0 Å². The third-order valence-corrected chi connectivity index (χ3v) is 8.13. The molecule has 1 N–H and O–H groups in total. The molecule has 1 aliphatic carbocycles. The molecule has 3 heterocycles. The molecule has 0 spiro atoms. The second kappa shape index (κ2) is 9.66. The molecule has 1 saturated carbocycles. The SMILES string of the molecule is O=C(OC1C[N+]2(CC3CCCCC3)CCC1CC2)C(Nc1ccccc1)c1ccccc1. The van der Waals surface area contributed by atoms with Crippen LogP contribution in [0.25, 0.3) is 0 Å². The molecule has 170 valence electrons. The van der Waals surface area contributed by atoms with Crippen molar-refractivity contribution in [2.24, 2.45) is 11.8 Å². The van der Waals surface area contributed by atoms with Crippen LogP contribution >= 0.6 is 0 Å². The Kier molecular flexibility index (Phi) is 6.49. The molecule has 2 bridgehead atoms. The zero-order chi connectivity index (χ0) is 21.8. The first-order chi connectivity index (χ1) is 15.7. The molecule has 2 unspecified atom stereocenters. The Morgan fingerprint density at radius 2 is 1.56 bits per heavy atom. The summed E-state index contributed by atoms with van der Waals surface area (Å²) in [6.45, 7) is 4.87. The summed E-state index contributed by atoms with van der Waals surface area (Å²) in [5.41, 5.74) is 1.89. The van der Waals surface area contributed by atoms with Crippen molar-refractivity contribution in [2.75, 3.05) is 31.5 Å². The molecular weight excluding hydrogens is 396 g/mol. The van der Waals surface area contributed by atoms with Gasteiger partial charge in [0, 0.05) is 30.4 Å². The average Bonchev–Trinajstić information content (AvgIpc) is 2.85. The van der Waals surface area contributed by atoms with Crippen molar-refractivity contribution in [1.29, 1.82) is 0 Å². The predicted octanol–water partition coefficient (Wildman–Crippen LogP) is 5.57. The summed E-state index contributed by atoms with van der Waals surface area (Å²) in [6.07, 6.45) is 9.45. The number of anilines is 1. The second-order valence-electron chi connectivity index (χ2n) is 10.3. The monoisotopic (exact) mass is 433 g/mol. The number of ether oxygens (including phenoxy) is 1. The number of carbonyl (C=O) groups is 1. The summed E-state index contributed by atoms with van der Waals surface area (Å²) in [4.78, 5) is 13.5. The van der Waals surface area contributed by atoms with Gasteiger partial charge in [0.05, 0.1) is 19.6 Å². The first-order valence-electron chi connectivity index (χ1n) is 12.6. The number of nitrogens with one attached hydrogen (secondary N) is 1. The summed E-state index contributed by atoms with van der Waals surface area (Å²) >= 11 is 0. The van der Waals surface area contributed by atoms with Gasteiger partial charge in [0.2, 0.25) is 0 Å². The minimum Gasteiger partial charge on any atom is -0.454 e. The number of nitrogens with zero attached hydrogens (tertiary/aromatic N) is 1. The highest BCUT2D eigenvalue weighted by atomic mass is 16.5. The van der Waals surface area contributed by atoms with Crippen LogP contribution in [0.1, 0.15) is 56.6 Å². The highest BCUT2D eigenvalue weighted by molar-refractivity contribution is 5.81. The standard InChI is InChI=1S/C28H37N2O2/c31-28(27(24-12-6-2-7-13-24)29-25-14-8-3-9-15-25)32-26-21-30(18-16-23(26)17-19-30)20-22-10-4-1-5-11-22/h2-3,6-9,12-15,22-23,26-27,29H,1,4-5,10-11,16-21H2/q+1. The maximum absolute atomic E-state index is 13.5. The number of benzene rings is 2. The van der Waals surface area contributed by atoms with Crippen molar-refractivity contribution >= 4 is 11.7 Å². The van der Waals surface area contributed by atoms with E-state index in [1.165, 1.54) is 69.1 Å². The highest BCUT2D eigenvalue weighted by Crippen LogP contribution is 2.39. The van der Waals surface area contributed by atoms with E-state index in [-0.39, 0.29) is 12.1 Å². The first-order valence-corrected chi connectivity index (χ1v) is 12.6. The maximum Gasteiger partial charge on any atom is 0.333 e. The van der Waals surface area contributed by atoms with E-state index in [9.17, 15) is 4.79 Å². The lowest BCUT2D eigenvalue weighted by Crippen LogP contribution is -2.65. The summed E-state index contributed by atoms with van der Waals surface area (Å²) in [7, 11) is 0. The summed E-state index contributed by atoms with van der Waals surface area (Å²) < 4.78 is 7.49. The van der Waals surface area contributed by atoms with Crippen LogP contribution in [0.15, 0.2) is 60.7 Å². The lowest BCUT2D eigenvalue weighted by Gasteiger charge is -2.53. The number of hydrogen-bond acceptors (Lipinski definition) is 3. The molecule has 6 rings (SSSR count). The van der Waals surface area contributed by atoms with E-state index < -0.39 is 6.04 Å². The smallest absolute Gasteiger partial charge is 0.333 e. The fraction of sp³-hybridized carbons (Fsp3) is 0.536. The minimum atomic E-state index is -0.485. The van der Waals surface area contributed by atoms with Gasteiger partial charge in [-0.25, -0.2) is 4.79 Å². The quantitative estimate of drug-likeness (QED) is 0.458. The van der Waals surface area contributed by atoms with Gasteiger partial charge in [-0.2, -0.15) is 0 Å². The van der Waals surface area contributed by atoms with Crippen LogP contribution in [0.4, 0.5) is 5.69 Å². The Labute approximate surface area is 192 Å². The van der Waals surface area contributed by atoms with Crippen molar-refractivity contribution in [3.05, 3.63) is 66.2 Å². The van der Waals surface area contributed by atoms with Crippen molar-refractivity contribution in [2.45, 2.75) is 57.1 Å². The number of carbonyl (C=O) groups excluding carboxylic acids is 1. The van der Waals surface area contributed by atoms with Crippen molar-refractivity contribution in [3.8, 4) is 0 Å². The molecule has 3 saturated heterocycles. The fourth-order valence-corrected chi connectivity index (χ4v) is 6.37. The molecule has 2 atom stereocenters. The Bertz CT molecular complexity index is 871. The zero-order valence-corrected chi connectivity index (χ0v) is 19.1. The van der Waals surface area contributed by atoms with Crippen LogP contribution in [0.5, 0.6) is 0 Å².